The van der Waals surface area contributed by atoms with Gasteiger partial charge in [-0.2, -0.15) is 0 Å². The van der Waals surface area contributed by atoms with Crippen molar-refractivity contribution in [1.29, 1.82) is 0 Å². The Labute approximate surface area is 146 Å². The van der Waals surface area contributed by atoms with Crippen LogP contribution in [-0.4, -0.2) is 31.2 Å². The molecule has 0 unspecified atom stereocenters. The van der Waals surface area contributed by atoms with Gasteiger partial charge in [-0.25, -0.2) is 0 Å². The van der Waals surface area contributed by atoms with Crippen LogP contribution in [-0.2, 0) is 9.53 Å². The Hall–Kier alpha value is -1.39. The van der Waals surface area contributed by atoms with Crippen molar-refractivity contribution in [2.24, 2.45) is 5.41 Å². The Morgan fingerprint density at radius 1 is 1.21 bits per heavy atom. The summed E-state index contributed by atoms with van der Waals surface area (Å²) in [6, 6.07) is 10.7. The van der Waals surface area contributed by atoms with Gasteiger partial charge < -0.3 is 15.4 Å². The number of nitrogens with one attached hydrogen (secondary N) is 2. The molecule has 0 bridgehead atoms. The van der Waals surface area contributed by atoms with E-state index in [0.717, 1.165) is 26.1 Å². The molecule has 4 heteroatoms. The van der Waals surface area contributed by atoms with E-state index in [1.165, 1.54) is 5.56 Å². The highest BCUT2D eigenvalue weighted by Crippen LogP contribution is 2.25. The van der Waals surface area contributed by atoms with Crippen molar-refractivity contribution in [3.63, 3.8) is 0 Å². The van der Waals surface area contributed by atoms with Gasteiger partial charge in [0.05, 0.1) is 0 Å². The average Bonchev–Trinajstić information content (AvgIpc) is 2.53. The maximum atomic E-state index is 12.2. The monoisotopic (exact) mass is 332 g/mol. The molecule has 24 heavy (non-hydrogen) atoms. The molecule has 1 aromatic rings. The number of ether oxygens (including phenoxy) is 1. The van der Waals surface area contributed by atoms with Crippen molar-refractivity contribution in [2.75, 3.05) is 19.8 Å². The lowest BCUT2D eigenvalue weighted by molar-refractivity contribution is -0.123. The second-order valence-corrected chi connectivity index (χ2v) is 8.18. The summed E-state index contributed by atoms with van der Waals surface area (Å²) in [5.74, 6) is 0.127. The minimum absolute atomic E-state index is 0.0116. The Bertz CT molecular complexity index is 516. The van der Waals surface area contributed by atoms with Crippen LogP contribution in [0.3, 0.4) is 0 Å². The molecular formula is C20H32N2O2. The minimum Gasteiger partial charge on any atom is -0.381 e. The number of amides is 1. The smallest absolute Gasteiger partial charge is 0.220 e. The molecule has 0 aliphatic carbocycles. The Morgan fingerprint density at radius 3 is 2.42 bits per heavy atom. The zero-order chi connectivity index (χ0) is 17.6. The van der Waals surface area contributed by atoms with E-state index in [0.29, 0.717) is 13.0 Å². The molecule has 1 amide bonds. The van der Waals surface area contributed by atoms with E-state index in [1.807, 2.05) is 6.07 Å². The van der Waals surface area contributed by atoms with Crippen LogP contribution in [0.5, 0.6) is 0 Å². The van der Waals surface area contributed by atoms with Gasteiger partial charge in [0, 0.05) is 37.8 Å². The number of hydrogen-bond acceptors (Lipinski definition) is 3. The Morgan fingerprint density at radius 2 is 1.83 bits per heavy atom. The molecule has 0 radical (unpaired) electrons. The van der Waals surface area contributed by atoms with E-state index in [1.54, 1.807) is 0 Å². The van der Waals surface area contributed by atoms with Crippen LogP contribution in [0, 0.1) is 5.41 Å². The van der Waals surface area contributed by atoms with E-state index in [-0.39, 0.29) is 22.9 Å². The summed E-state index contributed by atoms with van der Waals surface area (Å²) in [6.45, 7) is 10.6. The van der Waals surface area contributed by atoms with Crippen molar-refractivity contribution in [3.05, 3.63) is 35.9 Å². The van der Waals surface area contributed by atoms with Crippen molar-refractivity contribution < 1.29 is 9.53 Å². The molecule has 0 saturated carbocycles. The first-order valence-corrected chi connectivity index (χ1v) is 8.97. The zero-order valence-corrected chi connectivity index (χ0v) is 15.5. The van der Waals surface area contributed by atoms with Crippen molar-refractivity contribution >= 4 is 5.91 Å². The predicted molar refractivity (Wildman–Crippen MR) is 97.9 cm³/mol. The molecule has 2 rings (SSSR count). The van der Waals surface area contributed by atoms with Crippen LogP contribution < -0.4 is 10.6 Å². The van der Waals surface area contributed by atoms with E-state index in [2.05, 4.69) is 62.6 Å². The molecule has 1 saturated heterocycles. The molecule has 1 atom stereocenters. The van der Waals surface area contributed by atoms with E-state index >= 15 is 0 Å². The molecule has 0 spiro atoms. The van der Waals surface area contributed by atoms with Gasteiger partial charge >= 0.3 is 0 Å². The first-order valence-electron chi connectivity index (χ1n) is 8.97. The normalized spacial score (nSPS) is 18.8. The second-order valence-electron chi connectivity index (χ2n) is 8.18. The van der Waals surface area contributed by atoms with E-state index in [4.69, 9.17) is 4.74 Å². The van der Waals surface area contributed by atoms with Crippen LogP contribution in [0.25, 0.3) is 0 Å². The molecule has 1 fully saturated rings. The lowest BCUT2D eigenvalue weighted by Crippen LogP contribution is -2.57. The Kier molecular flexibility index (Phi) is 6.41. The van der Waals surface area contributed by atoms with Crippen molar-refractivity contribution in [2.45, 2.75) is 58.5 Å². The number of carbonyl (C=O) groups excluding carboxylic acids is 1. The van der Waals surface area contributed by atoms with Crippen LogP contribution in [0.4, 0.5) is 0 Å². The third kappa shape index (κ3) is 5.91. The highest BCUT2D eigenvalue weighted by molar-refractivity contribution is 5.76. The predicted octanol–water partition coefficient (Wildman–Crippen LogP) is 3.44. The summed E-state index contributed by atoms with van der Waals surface area (Å²) in [4.78, 5) is 12.2. The van der Waals surface area contributed by atoms with Crippen molar-refractivity contribution in [3.8, 4) is 0 Å². The van der Waals surface area contributed by atoms with Gasteiger partial charge in [0.1, 0.15) is 0 Å². The van der Waals surface area contributed by atoms with Crippen molar-refractivity contribution in [1.82, 2.24) is 10.6 Å². The van der Waals surface area contributed by atoms with Gasteiger partial charge in [0.15, 0.2) is 0 Å². The van der Waals surface area contributed by atoms with Crippen LogP contribution in [0.2, 0.25) is 0 Å². The Balaban J connectivity index is 1.99. The molecular weight excluding hydrogens is 300 g/mol. The van der Waals surface area contributed by atoms with Gasteiger partial charge in [-0.15, -0.1) is 0 Å². The standard InChI is InChI=1S/C20H32N2O2/c1-16(17-8-6-5-7-9-17)22-20(10-12-24-13-11-20)15-21-18(23)14-19(2,3)4/h5-9,16,22H,10-15H2,1-4H3,(H,21,23)/t16-/m0/s1. The highest BCUT2D eigenvalue weighted by Gasteiger charge is 2.34. The second kappa shape index (κ2) is 8.13. The van der Waals surface area contributed by atoms with Gasteiger partial charge in [-0.1, -0.05) is 51.1 Å². The fraction of sp³-hybridized carbons (Fsp3) is 0.650. The van der Waals surface area contributed by atoms with E-state index < -0.39 is 0 Å². The molecule has 2 N–H and O–H groups in total. The van der Waals surface area contributed by atoms with E-state index in [9.17, 15) is 4.79 Å². The van der Waals surface area contributed by atoms with Gasteiger partial charge in [0.2, 0.25) is 5.91 Å². The van der Waals surface area contributed by atoms with Gasteiger partial charge in [-0.05, 0) is 30.7 Å². The number of benzene rings is 1. The number of rotatable bonds is 6. The lowest BCUT2D eigenvalue weighted by Gasteiger charge is -2.40. The first kappa shape index (κ1) is 18.9. The first-order chi connectivity index (χ1) is 11.3. The van der Waals surface area contributed by atoms with Crippen LogP contribution in [0.1, 0.15) is 58.6 Å². The summed E-state index contributed by atoms with van der Waals surface area (Å²) < 4.78 is 5.55. The number of carbonyl (C=O) groups is 1. The van der Waals surface area contributed by atoms with Crippen LogP contribution >= 0.6 is 0 Å². The fourth-order valence-electron chi connectivity index (χ4n) is 3.23. The number of hydrogen-bond donors (Lipinski definition) is 2. The summed E-state index contributed by atoms with van der Waals surface area (Å²) in [7, 11) is 0. The van der Waals surface area contributed by atoms with Gasteiger partial charge in [-0.3, -0.25) is 4.79 Å². The molecule has 1 heterocycles. The van der Waals surface area contributed by atoms with Crippen LogP contribution in [0.15, 0.2) is 30.3 Å². The third-order valence-corrected chi connectivity index (χ3v) is 4.59. The average molecular weight is 332 g/mol. The quantitative estimate of drug-likeness (QED) is 0.839. The molecule has 1 aliphatic heterocycles. The summed E-state index contributed by atoms with van der Waals surface area (Å²) in [5, 5.41) is 6.92. The maximum absolute atomic E-state index is 12.2. The molecule has 1 aliphatic rings. The molecule has 1 aromatic carbocycles. The lowest BCUT2D eigenvalue weighted by atomic mass is 9.87. The molecule has 134 valence electrons. The topological polar surface area (TPSA) is 50.4 Å². The fourth-order valence-corrected chi connectivity index (χ4v) is 3.23. The van der Waals surface area contributed by atoms with Gasteiger partial charge in [0.25, 0.3) is 0 Å². The maximum Gasteiger partial charge on any atom is 0.220 e. The minimum atomic E-state index is -0.0962. The summed E-state index contributed by atoms with van der Waals surface area (Å²) >= 11 is 0. The molecule has 4 nitrogen and oxygen atoms in total. The zero-order valence-electron chi connectivity index (χ0n) is 15.5. The third-order valence-electron chi connectivity index (χ3n) is 4.59. The summed E-state index contributed by atoms with van der Waals surface area (Å²) in [6.07, 6.45) is 2.38. The SMILES string of the molecule is C[C@H](NC1(CNC(=O)CC(C)(C)C)CCOCC1)c1ccccc1. The summed E-state index contributed by atoms with van der Waals surface area (Å²) in [5.41, 5.74) is 1.18. The molecule has 0 aromatic heterocycles. The largest absolute Gasteiger partial charge is 0.381 e. The highest BCUT2D eigenvalue weighted by atomic mass is 16.5.